The minimum Gasteiger partial charge on any atom is -0.371 e. The van der Waals surface area contributed by atoms with Gasteiger partial charge in [-0.25, -0.2) is 14.4 Å². The fraction of sp³-hybridized carbons (Fsp3) is 0.231. The van der Waals surface area contributed by atoms with Crippen molar-refractivity contribution in [2.45, 2.75) is 13.3 Å². The van der Waals surface area contributed by atoms with Crippen LogP contribution in [0.2, 0.25) is 5.02 Å². The molecule has 0 fully saturated rings. The number of nitrogens with zero attached hydrogens (tertiary/aromatic N) is 2. The predicted molar refractivity (Wildman–Crippen MR) is 70.5 cm³/mol. The van der Waals surface area contributed by atoms with Crippen molar-refractivity contribution in [1.82, 2.24) is 9.97 Å². The second-order valence-corrected chi connectivity index (χ2v) is 4.38. The highest BCUT2D eigenvalue weighted by atomic mass is 35.5. The van der Waals surface area contributed by atoms with E-state index in [4.69, 9.17) is 11.6 Å². The highest BCUT2D eigenvalue weighted by molar-refractivity contribution is 6.30. The van der Waals surface area contributed by atoms with Crippen LogP contribution < -0.4 is 5.32 Å². The number of hydrogen-bond donors (Lipinski definition) is 1. The van der Waals surface area contributed by atoms with Crippen molar-refractivity contribution in [2.24, 2.45) is 0 Å². The lowest BCUT2D eigenvalue weighted by Gasteiger charge is -2.07. The monoisotopic (exact) mass is 265 g/mol. The quantitative estimate of drug-likeness (QED) is 0.926. The summed E-state index contributed by atoms with van der Waals surface area (Å²) in [4.78, 5) is 8.28. The molecule has 0 amide bonds. The third-order valence-electron chi connectivity index (χ3n) is 2.58. The summed E-state index contributed by atoms with van der Waals surface area (Å²) < 4.78 is 13.6. The fourth-order valence-electron chi connectivity index (χ4n) is 1.65. The predicted octanol–water partition coefficient (Wildman–Crippen LogP) is 3.21. The van der Waals surface area contributed by atoms with Crippen molar-refractivity contribution in [2.75, 3.05) is 12.4 Å². The lowest BCUT2D eigenvalue weighted by Crippen LogP contribution is -2.06. The first-order valence-corrected chi connectivity index (χ1v) is 5.93. The van der Waals surface area contributed by atoms with Crippen molar-refractivity contribution >= 4 is 17.4 Å². The van der Waals surface area contributed by atoms with Gasteiger partial charge in [-0.2, -0.15) is 0 Å². The number of nitrogens with one attached hydrogen (secondary N) is 1. The maximum absolute atomic E-state index is 13.6. The lowest BCUT2D eigenvalue weighted by atomic mass is 10.1. The third-order valence-corrected chi connectivity index (χ3v) is 2.83. The number of hydrogen-bond acceptors (Lipinski definition) is 3. The van der Waals surface area contributed by atoms with E-state index in [1.807, 2.05) is 24.3 Å². The van der Waals surface area contributed by atoms with Gasteiger partial charge in [0.25, 0.3) is 0 Å². The summed E-state index contributed by atoms with van der Waals surface area (Å²) in [6.07, 6.45) is 0.549. The number of aromatic nitrogens is 2. The molecule has 0 aliphatic rings. The van der Waals surface area contributed by atoms with Crippen LogP contribution in [-0.2, 0) is 6.42 Å². The molecule has 18 heavy (non-hydrogen) atoms. The standard InChI is InChI=1S/C13H13ClFN3/c1-8-12(15)13(16-2)18-11(17-8)7-9-3-5-10(14)6-4-9/h3-6H,7H2,1-2H3,(H,16,17,18). The SMILES string of the molecule is CNc1nc(Cc2ccc(Cl)cc2)nc(C)c1F. The number of rotatable bonds is 3. The molecule has 3 nitrogen and oxygen atoms in total. The van der Waals surface area contributed by atoms with Gasteiger partial charge in [0.05, 0.1) is 5.69 Å². The average Bonchev–Trinajstić information content (AvgIpc) is 2.36. The Morgan fingerprint density at radius 3 is 2.50 bits per heavy atom. The van der Waals surface area contributed by atoms with Crippen LogP contribution in [0.3, 0.4) is 0 Å². The van der Waals surface area contributed by atoms with E-state index in [1.54, 1.807) is 14.0 Å². The van der Waals surface area contributed by atoms with Crippen molar-refractivity contribution in [3.63, 3.8) is 0 Å². The zero-order valence-corrected chi connectivity index (χ0v) is 10.9. The normalized spacial score (nSPS) is 10.4. The molecule has 0 saturated carbocycles. The van der Waals surface area contributed by atoms with Crippen LogP contribution in [0.25, 0.3) is 0 Å². The van der Waals surface area contributed by atoms with E-state index < -0.39 is 5.82 Å². The Hall–Kier alpha value is -1.68. The first kappa shape index (κ1) is 12.8. The van der Waals surface area contributed by atoms with Gasteiger partial charge in [0.2, 0.25) is 0 Å². The molecule has 5 heteroatoms. The third kappa shape index (κ3) is 2.76. The minimum absolute atomic E-state index is 0.228. The number of anilines is 1. The molecule has 1 heterocycles. The first-order valence-electron chi connectivity index (χ1n) is 5.55. The Labute approximate surface area is 110 Å². The largest absolute Gasteiger partial charge is 0.371 e. The van der Waals surface area contributed by atoms with Crippen LogP contribution in [0.5, 0.6) is 0 Å². The summed E-state index contributed by atoms with van der Waals surface area (Å²) in [5.41, 5.74) is 1.38. The zero-order chi connectivity index (χ0) is 13.1. The Morgan fingerprint density at radius 2 is 1.89 bits per heavy atom. The zero-order valence-electron chi connectivity index (χ0n) is 10.2. The van der Waals surface area contributed by atoms with E-state index in [-0.39, 0.29) is 5.82 Å². The molecule has 1 aromatic heterocycles. The first-order chi connectivity index (χ1) is 8.60. The fourth-order valence-corrected chi connectivity index (χ4v) is 1.77. The minimum atomic E-state index is -0.405. The van der Waals surface area contributed by atoms with Crippen LogP contribution in [0, 0.1) is 12.7 Å². The molecule has 1 N–H and O–H groups in total. The van der Waals surface area contributed by atoms with Gasteiger partial charge in [0, 0.05) is 18.5 Å². The van der Waals surface area contributed by atoms with Crippen LogP contribution >= 0.6 is 11.6 Å². The van der Waals surface area contributed by atoms with E-state index in [0.29, 0.717) is 23.0 Å². The maximum Gasteiger partial charge on any atom is 0.186 e. The molecular weight excluding hydrogens is 253 g/mol. The summed E-state index contributed by atoms with van der Waals surface area (Å²) in [6.45, 7) is 1.63. The summed E-state index contributed by atoms with van der Waals surface area (Å²) in [6, 6.07) is 7.44. The molecule has 2 rings (SSSR count). The van der Waals surface area contributed by atoms with Crippen molar-refractivity contribution in [3.8, 4) is 0 Å². The summed E-state index contributed by atoms with van der Waals surface area (Å²) in [5, 5.41) is 3.41. The molecule has 0 aliphatic carbocycles. The highest BCUT2D eigenvalue weighted by Gasteiger charge is 2.10. The molecule has 0 bridgehead atoms. The van der Waals surface area contributed by atoms with Gasteiger partial charge in [0.1, 0.15) is 5.82 Å². The molecule has 2 aromatic rings. The van der Waals surface area contributed by atoms with Gasteiger partial charge in [-0.3, -0.25) is 0 Å². The van der Waals surface area contributed by atoms with Gasteiger partial charge in [-0.15, -0.1) is 0 Å². The van der Waals surface area contributed by atoms with Crippen LogP contribution in [0.1, 0.15) is 17.1 Å². The molecule has 0 aliphatic heterocycles. The van der Waals surface area contributed by atoms with Crippen molar-refractivity contribution in [1.29, 1.82) is 0 Å². The van der Waals surface area contributed by atoms with Crippen molar-refractivity contribution < 1.29 is 4.39 Å². The van der Waals surface area contributed by atoms with Crippen LogP contribution in [-0.4, -0.2) is 17.0 Å². The molecule has 1 aromatic carbocycles. The van der Waals surface area contributed by atoms with E-state index in [0.717, 1.165) is 5.56 Å². The summed E-state index contributed by atoms with van der Waals surface area (Å²) in [5.74, 6) is 0.407. The van der Waals surface area contributed by atoms with Gasteiger partial charge in [-0.1, -0.05) is 23.7 Å². The number of halogens is 2. The van der Waals surface area contributed by atoms with Gasteiger partial charge in [-0.05, 0) is 24.6 Å². The van der Waals surface area contributed by atoms with Crippen LogP contribution in [0.15, 0.2) is 24.3 Å². The van der Waals surface area contributed by atoms with Gasteiger partial charge >= 0.3 is 0 Å². The molecule has 0 unspecified atom stereocenters. The van der Waals surface area contributed by atoms with Crippen LogP contribution in [0.4, 0.5) is 10.2 Å². The summed E-state index contributed by atoms with van der Waals surface area (Å²) in [7, 11) is 1.64. The van der Waals surface area contributed by atoms with Gasteiger partial charge < -0.3 is 5.32 Å². The van der Waals surface area contributed by atoms with E-state index in [2.05, 4.69) is 15.3 Å². The van der Waals surface area contributed by atoms with E-state index in [9.17, 15) is 4.39 Å². The Bertz CT molecular complexity index is 555. The molecule has 0 saturated heterocycles. The van der Waals surface area contributed by atoms with E-state index >= 15 is 0 Å². The number of benzene rings is 1. The van der Waals surface area contributed by atoms with Crippen molar-refractivity contribution in [3.05, 3.63) is 52.2 Å². The molecule has 0 radical (unpaired) electrons. The van der Waals surface area contributed by atoms with E-state index in [1.165, 1.54) is 0 Å². The second-order valence-electron chi connectivity index (χ2n) is 3.94. The second kappa shape index (κ2) is 5.31. The molecule has 0 atom stereocenters. The molecule has 94 valence electrons. The smallest absolute Gasteiger partial charge is 0.186 e. The highest BCUT2D eigenvalue weighted by Crippen LogP contribution is 2.16. The average molecular weight is 266 g/mol. The molecular formula is C13H13ClFN3. The Kier molecular flexibility index (Phi) is 3.77. The topological polar surface area (TPSA) is 37.8 Å². The summed E-state index contributed by atoms with van der Waals surface area (Å²) >= 11 is 5.82. The maximum atomic E-state index is 13.6. The lowest BCUT2D eigenvalue weighted by molar-refractivity contribution is 0.602. The Morgan fingerprint density at radius 1 is 1.22 bits per heavy atom. The van der Waals surface area contributed by atoms with Gasteiger partial charge in [0.15, 0.2) is 11.6 Å². The number of aryl methyl sites for hydroxylation is 1. The molecule has 0 spiro atoms. The Balaban J connectivity index is 2.29.